The minimum atomic E-state index is -0.878. The molecule has 0 aliphatic carbocycles. The van der Waals surface area contributed by atoms with Crippen LogP contribution >= 0.6 is 0 Å². The van der Waals surface area contributed by atoms with Crippen molar-refractivity contribution in [2.24, 2.45) is 0 Å². The molecule has 0 aliphatic rings. The predicted octanol–water partition coefficient (Wildman–Crippen LogP) is 2.09. The molecule has 0 unspecified atom stereocenters. The number of aliphatic hydroxyl groups is 1. The smallest absolute Gasteiger partial charge is 0.0991 e. The van der Waals surface area contributed by atoms with E-state index in [0.29, 0.717) is 5.56 Å². The van der Waals surface area contributed by atoms with Gasteiger partial charge in [-0.1, -0.05) is 6.07 Å². The Hall–Kier alpha value is -1.33. The lowest BCUT2D eigenvalue weighted by atomic mass is 9.92. The molecule has 13 heavy (non-hydrogen) atoms. The second-order valence-electron chi connectivity index (χ2n) is 3.70. The molecule has 0 saturated carbocycles. The molecule has 0 fully saturated rings. The van der Waals surface area contributed by atoms with E-state index in [1.54, 1.807) is 26.0 Å². The van der Waals surface area contributed by atoms with Crippen LogP contribution in [0.15, 0.2) is 18.2 Å². The van der Waals surface area contributed by atoms with E-state index in [4.69, 9.17) is 5.26 Å². The van der Waals surface area contributed by atoms with Crippen molar-refractivity contribution in [2.45, 2.75) is 26.4 Å². The lowest BCUT2D eigenvalue weighted by Gasteiger charge is -2.20. The summed E-state index contributed by atoms with van der Waals surface area (Å²) in [6.07, 6.45) is 0. The highest BCUT2D eigenvalue weighted by Crippen LogP contribution is 2.23. The summed E-state index contributed by atoms with van der Waals surface area (Å²) in [5.41, 5.74) is 1.53. The molecule has 0 bridgehead atoms. The maximum Gasteiger partial charge on any atom is 0.0991 e. The van der Waals surface area contributed by atoms with E-state index in [2.05, 4.69) is 6.07 Å². The molecule has 0 amide bonds. The minimum absolute atomic E-state index is 0.586. The van der Waals surface area contributed by atoms with Crippen molar-refractivity contribution in [1.29, 1.82) is 5.26 Å². The number of nitrogens with zero attached hydrogens (tertiary/aromatic N) is 1. The van der Waals surface area contributed by atoms with E-state index in [0.717, 1.165) is 11.1 Å². The van der Waals surface area contributed by atoms with Crippen molar-refractivity contribution in [2.75, 3.05) is 0 Å². The molecule has 2 nitrogen and oxygen atoms in total. The Kier molecular flexibility index (Phi) is 2.40. The van der Waals surface area contributed by atoms with Crippen LogP contribution in [0.3, 0.4) is 0 Å². The minimum Gasteiger partial charge on any atom is -0.386 e. The van der Waals surface area contributed by atoms with Crippen molar-refractivity contribution in [3.8, 4) is 6.07 Å². The van der Waals surface area contributed by atoms with Crippen LogP contribution in [-0.4, -0.2) is 5.11 Å². The predicted molar refractivity (Wildman–Crippen MR) is 51.1 cm³/mol. The maximum atomic E-state index is 9.78. The first-order valence-corrected chi connectivity index (χ1v) is 4.19. The molecule has 1 aromatic rings. The van der Waals surface area contributed by atoms with Gasteiger partial charge in [0.05, 0.1) is 17.2 Å². The summed E-state index contributed by atoms with van der Waals surface area (Å²) in [6, 6.07) is 7.39. The third kappa shape index (κ3) is 2.07. The zero-order chi connectivity index (χ0) is 10.1. The molecule has 0 aromatic heterocycles. The Labute approximate surface area is 78.4 Å². The first-order chi connectivity index (χ1) is 5.95. The molecule has 0 atom stereocenters. The van der Waals surface area contributed by atoms with Gasteiger partial charge in [-0.25, -0.2) is 0 Å². The highest BCUT2D eigenvalue weighted by Gasteiger charge is 2.18. The molecular weight excluding hydrogens is 162 g/mol. The highest BCUT2D eigenvalue weighted by atomic mass is 16.3. The molecule has 0 radical (unpaired) electrons. The second kappa shape index (κ2) is 3.20. The number of rotatable bonds is 1. The van der Waals surface area contributed by atoms with Crippen LogP contribution in [0.5, 0.6) is 0 Å². The van der Waals surface area contributed by atoms with Crippen LogP contribution in [-0.2, 0) is 5.60 Å². The van der Waals surface area contributed by atoms with Crippen molar-refractivity contribution in [3.05, 3.63) is 34.9 Å². The Morgan fingerprint density at radius 1 is 1.38 bits per heavy atom. The third-order valence-electron chi connectivity index (χ3n) is 2.03. The molecule has 1 aromatic carbocycles. The highest BCUT2D eigenvalue weighted by molar-refractivity contribution is 5.39. The van der Waals surface area contributed by atoms with Gasteiger partial charge in [0, 0.05) is 0 Å². The Morgan fingerprint density at radius 2 is 2.00 bits per heavy atom. The summed E-state index contributed by atoms with van der Waals surface area (Å²) >= 11 is 0. The molecule has 1 rings (SSSR count). The molecule has 0 saturated heterocycles. The topological polar surface area (TPSA) is 44.0 Å². The second-order valence-corrected chi connectivity index (χ2v) is 3.70. The van der Waals surface area contributed by atoms with E-state index in [1.807, 2.05) is 13.0 Å². The van der Waals surface area contributed by atoms with Gasteiger partial charge < -0.3 is 5.11 Å². The van der Waals surface area contributed by atoms with Gasteiger partial charge in [0.25, 0.3) is 0 Å². The zero-order valence-electron chi connectivity index (χ0n) is 8.13. The van der Waals surface area contributed by atoms with Crippen molar-refractivity contribution in [3.63, 3.8) is 0 Å². The van der Waals surface area contributed by atoms with Gasteiger partial charge in [0.2, 0.25) is 0 Å². The Bertz CT molecular complexity index is 355. The van der Waals surface area contributed by atoms with Gasteiger partial charge >= 0.3 is 0 Å². The number of nitriles is 1. The summed E-state index contributed by atoms with van der Waals surface area (Å²) in [5.74, 6) is 0. The van der Waals surface area contributed by atoms with Crippen LogP contribution in [0.1, 0.15) is 30.5 Å². The number of benzene rings is 1. The van der Waals surface area contributed by atoms with E-state index >= 15 is 0 Å². The molecule has 1 N–H and O–H groups in total. The van der Waals surface area contributed by atoms with Gasteiger partial charge in [-0.2, -0.15) is 5.26 Å². The molecule has 0 spiro atoms. The van der Waals surface area contributed by atoms with E-state index in [9.17, 15) is 5.11 Å². The van der Waals surface area contributed by atoms with Crippen molar-refractivity contribution >= 4 is 0 Å². The SMILES string of the molecule is Cc1ccc(C#N)cc1C(C)(C)O. The number of hydrogen-bond acceptors (Lipinski definition) is 2. The summed E-state index contributed by atoms with van der Waals surface area (Å²) < 4.78 is 0. The van der Waals surface area contributed by atoms with Gasteiger partial charge in [-0.05, 0) is 44.0 Å². The van der Waals surface area contributed by atoms with Crippen LogP contribution in [0.2, 0.25) is 0 Å². The third-order valence-corrected chi connectivity index (χ3v) is 2.03. The number of hydrogen-bond donors (Lipinski definition) is 1. The van der Waals surface area contributed by atoms with Crippen LogP contribution in [0.25, 0.3) is 0 Å². The Morgan fingerprint density at radius 3 is 2.46 bits per heavy atom. The van der Waals surface area contributed by atoms with Gasteiger partial charge in [0.1, 0.15) is 0 Å². The normalized spacial score (nSPS) is 11.0. The van der Waals surface area contributed by atoms with E-state index in [1.165, 1.54) is 0 Å². The first kappa shape index (κ1) is 9.76. The monoisotopic (exact) mass is 175 g/mol. The largest absolute Gasteiger partial charge is 0.386 e. The van der Waals surface area contributed by atoms with Gasteiger partial charge in [-0.15, -0.1) is 0 Å². The average molecular weight is 175 g/mol. The van der Waals surface area contributed by atoms with E-state index in [-0.39, 0.29) is 0 Å². The standard InChI is InChI=1S/C11H13NO/c1-8-4-5-9(7-12)6-10(8)11(2,3)13/h4-6,13H,1-3H3. The summed E-state index contributed by atoms with van der Waals surface area (Å²) in [7, 11) is 0. The molecule has 2 heteroatoms. The fourth-order valence-electron chi connectivity index (χ4n) is 1.35. The molecule has 68 valence electrons. The fraction of sp³-hybridized carbons (Fsp3) is 0.364. The summed E-state index contributed by atoms with van der Waals surface area (Å²) in [5, 5.41) is 18.5. The molecular formula is C11H13NO. The lowest BCUT2D eigenvalue weighted by Crippen LogP contribution is -2.17. The quantitative estimate of drug-likeness (QED) is 0.710. The molecule has 0 aliphatic heterocycles. The maximum absolute atomic E-state index is 9.78. The fourth-order valence-corrected chi connectivity index (χ4v) is 1.35. The zero-order valence-corrected chi connectivity index (χ0v) is 8.13. The summed E-state index contributed by atoms with van der Waals surface area (Å²) in [6.45, 7) is 5.36. The lowest BCUT2D eigenvalue weighted by molar-refractivity contribution is 0.0779. The van der Waals surface area contributed by atoms with Crippen LogP contribution in [0, 0.1) is 18.3 Å². The first-order valence-electron chi connectivity index (χ1n) is 4.19. The van der Waals surface area contributed by atoms with Crippen molar-refractivity contribution < 1.29 is 5.11 Å². The van der Waals surface area contributed by atoms with Crippen LogP contribution < -0.4 is 0 Å². The van der Waals surface area contributed by atoms with Crippen LogP contribution in [0.4, 0.5) is 0 Å². The van der Waals surface area contributed by atoms with Gasteiger partial charge in [-0.3, -0.25) is 0 Å². The van der Waals surface area contributed by atoms with E-state index < -0.39 is 5.60 Å². The number of aryl methyl sites for hydroxylation is 1. The van der Waals surface area contributed by atoms with Gasteiger partial charge in [0.15, 0.2) is 0 Å². The van der Waals surface area contributed by atoms with Crippen molar-refractivity contribution in [1.82, 2.24) is 0 Å². The molecule has 0 heterocycles. The summed E-state index contributed by atoms with van der Waals surface area (Å²) in [4.78, 5) is 0. The average Bonchev–Trinajstić information content (AvgIpc) is 2.03. The Balaban J connectivity index is 3.29.